The summed E-state index contributed by atoms with van der Waals surface area (Å²) in [6.45, 7) is 2.83. The molecule has 31 heavy (non-hydrogen) atoms. The summed E-state index contributed by atoms with van der Waals surface area (Å²) in [5.41, 5.74) is 1.01. The lowest BCUT2D eigenvalue weighted by Crippen LogP contribution is -2.30. The molecule has 0 aliphatic carbocycles. The fraction of sp³-hybridized carbons (Fsp3) is 0.476. The molecule has 2 fully saturated rings. The second-order valence-corrected chi connectivity index (χ2v) is 8.60. The fourth-order valence-corrected chi connectivity index (χ4v) is 4.14. The molecule has 0 aromatic carbocycles. The highest BCUT2D eigenvalue weighted by molar-refractivity contribution is 6.36. The molecule has 0 bridgehead atoms. The largest absolute Gasteiger partial charge is 0.381 e. The number of nitrogens with one attached hydrogen (secondary N) is 3. The Kier molecular flexibility index (Phi) is 7.22. The van der Waals surface area contributed by atoms with Gasteiger partial charge < -0.3 is 20.7 Å². The smallest absolute Gasteiger partial charge is 0.232 e. The molecule has 2 aliphatic heterocycles. The SMILES string of the molecule is O=C(Nc1cc(-c2nc(NCC3CCOCC3)ccc2Cl)c(Cl)cn1)[C@H]1CNC[C@H]1F. The molecule has 2 saturated heterocycles. The van der Waals surface area contributed by atoms with Gasteiger partial charge in [-0.15, -0.1) is 0 Å². The molecule has 166 valence electrons. The summed E-state index contributed by atoms with van der Waals surface area (Å²) in [5, 5.41) is 9.66. The van der Waals surface area contributed by atoms with E-state index in [0.717, 1.165) is 32.6 Å². The van der Waals surface area contributed by atoms with Crippen LogP contribution < -0.4 is 16.0 Å². The Morgan fingerprint density at radius 1 is 1.19 bits per heavy atom. The summed E-state index contributed by atoms with van der Waals surface area (Å²) in [7, 11) is 0. The average Bonchev–Trinajstić information content (AvgIpc) is 3.21. The van der Waals surface area contributed by atoms with Gasteiger partial charge in [0, 0.05) is 44.6 Å². The van der Waals surface area contributed by atoms with Crippen molar-refractivity contribution in [3.63, 3.8) is 0 Å². The van der Waals surface area contributed by atoms with Gasteiger partial charge in [-0.3, -0.25) is 4.79 Å². The topological polar surface area (TPSA) is 88.2 Å². The molecule has 2 aliphatic rings. The third-order valence-electron chi connectivity index (χ3n) is 5.60. The minimum absolute atomic E-state index is 0.171. The van der Waals surface area contributed by atoms with E-state index < -0.39 is 18.0 Å². The number of aromatic nitrogens is 2. The van der Waals surface area contributed by atoms with Gasteiger partial charge in [-0.25, -0.2) is 14.4 Å². The monoisotopic (exact) mass is 467 g/mol. The third kappa shape index (κ3) is 5.44. The van der Waals surface area contributed by atoms with E-state index >= 15 is 0 Å². The normalized spacial score (nSPS) is 21.8. The number of rotatable bonds is 6. The van der Waals surface area contributed by atoms with Crippen LogP contribution in [-0.2, 0) is 9.53 Å². The Bertz CT molecular complexity index is 942. The highest BCUT2D eigenvalue weighted by Crippen LogP contribution is 2.34. The number of amides is 1. The van der Waals surface area contributed by atoms with Gasteiger partial charge in [0.2, 0.25) is 5.91 Å². The molecular weight excluding hydrogens is 444 g/mol. The molecule has 3 N–H and O–H groups in total. The van der Waals surface area contributed by atoms with Crippen LogP contribution in [0.2, 0.25) is 10.0 Å². The summed E-state index contributed by atoms with van der Waals surface area (Å²) in [4.78, 5) is 21.2. The first kappa shape index (κ1) is 22.2. The summed E-state index contributed by atoms with van der Waals surface area (Å²) in [6, 6.07) is 5.17. The number of hydrogen-bond acceptors (Lipinski definition) is 6. The van der Waals surface area contributed by atoms with Crippen LogP contribution in [0.25, 0.3) is 11.3 Å². The van der Waals surface area contributed by atoms with Crippen molar-refractivity contribution in [2.24, 2.45) is 11.8 Å². The van der Waals surface area contributed by atoms with Gasteiger partial charge in [0.05, 0.1) is 21.7 Å². The molecule has 7 nitrogen and oxygen atoms in total. The van der Waals surface area contributed by atoms with E-state index in [-0.39, 0.29) is 12.4 Å². The summed E-state index contributed by atoms with van der Waals surface area (Å²) in [6.07, 6.45) is 2.24. The number of carbonyl (C=O) groups is 1. The van der Waals surface area contributed by atoms with Gasteiger partial charge in [-0.1, -0.05) is 23.2 Å². The van der Waals surface area contributed by atoms with Gasteiger partial charge >= 0.3 is 0 Å². The van der Waals surface area contributed by atoms with Gasteiger partial charge in [-0.05, 0) is 37.0 Å². The molecule has 10 heteroatoms. The summed E-state index contributed by atoms with van der Waals surface area (Å²) < 4.78 is 19.2. The summed E-state index contributed by atoms with van der Waals surface area (Å²) >= 11 is 12.8. The lowest BCUT2D eigenvalue weighted by molar-refractivity contribution is -0.120. The van der Waals surface area contributed by atoms with Crippen molar-refractivity contribution in [3.8, 4) is 11.3 Å². The lowest BCUT2D eigenvalue weighted by atomic mass is 10.0. The van der Waals surface area contributed by atoms with E-state index in [9.17, 15) is 9.18 Å². The van der Waals surface area contributed by atoms with Crippen LogP contribution in [0.15, 0.2) is 24.4 Å². The molecule has 0 saturated carbocycles. The van der Waals surface area contributed by atoms with Crippen LogP contribution in [0.1, 0.15) is 12.8 Å². The van der Waals surface area contributed by atoms with E-state index in [1.54, 1.807) is 12.1 Å². The van der Waals surface area contributed by atoms with Gasteiger partial charge in [0.15, 0.2) is 0 Å². The number of hydrogen-bond donors (Lipinski definition) is 3. The van der Waals surface area contributed by atoms with Crippen molar-refractivity contribution in [2.45, 2.75) is 19.0 Å². The number of carbonyl (C=O) groups excluding carboxylic acids is 1. The number of anilines is 2. The highest BCUT2D eigenvalue weighted by atomic mass is 35.5. The van der Waals surface area contributed by atoms with Crippen molar-refractivity contribution in [3.05, 3.63) is 34.4 Å². The average molecular weight is 468 g/mol. The van der Waals surface area contributed by atoms with E-state index in [4.69, 9.17) is 27.9 Å². The minimum atomic E-state index is -1.22. The predicted molar refractivity (Wildman–Crippen MR) is 119 cm³/mol. The van der Waals surface area contributed by atoms with Gasteiger partial charge in [0.25, 0.3) is 0 Å². The zero-order chi connectivity index (χ0) is 21.8. The number of ether oxygens (including phenoxy) is 1. The molecule has 2 aromatic rings. The molecule has 0 spiro atoms. The Morgan fingerprint density at radius 3 is 2.74 bits per heavy atom. The molecule has 0 unspecified atom stereocenters. The fourth-order valence-electron chi connectivity index (χ4n) is 3.74. The third-order valence-corrected chi connectivity index (χ3v) is 6.20. The molecule has 2 aromatic heterocycles. The zero-order valence-corrected chi connectivity index (χ0v) is 18.3. The molecule has 2 atom stereocenters. The van der Waals surface area contributed by atoms with E-state index in [2.05, 4.69) is 25.9 Å². The van der Waals surface area contributed by atoms with Crippen LogP contribution in [0.5, 0.6) is 0 Å². The Balaban J connectivity index is 1.51. The van der Waals surface area contributed by atoms with Crippen LogP contribution >= 0.6 is 23.2 Å². The van der Waals surface area contributed by atoms with Crippen molar-refractivity contribution in [1.29, 1.82) is 0 Å². The number of pyridine rings is 2. The van der Waals surface area contributed by atoms with Crippen molar-refractivity contribution < 1.29 is 13.9 Å². The van der Waals surface area contributed by atoms with E-state index in [1.807, 2.05) is 6.07 Å². The van der Waals surface area contributed by atoms with Gasteiger partial charge in [0.1, 0.15) is 17.8 Å². The quantitative estimate of drug-likeness (QED) is 0.598. The Hall–Kier alpha value is -2.00. The highest BCUT2D eigenvalue weighted by Gasteiger charge is 2.33. The zero-order valence-electron chi connectivity index (χ0n) is 16.8. The van der Waals surface area contributed by atoms with Crippen LogP contribution in [-0.4, -0.2) is 54.9 Å². The number of halogens is 3. The van der Waals surface area contributed by atoms with Crippen molar-refractivity contribution in [2.75, 3.05) is 43.5 Å². The van der Waals surface area contributed by atoms with Crippen LogP contribution in [0.4, 0.5) is 16.0 Å². The Morgan fingerprint density at radius 2 is 2.00 bits per heavy atom. The first-order chi connectivity index (χ1) is 15.0. The second kappa shape index (κ2) is 10.1. The van der Waals surface area contributed by atoms with Crippen molar-refractivity contribution in [1.82, 2.24) is 15.3 Å². The van der Waals surface area contributed by atoms with Crippen LogP contribution in [0, 0.1) is 11.8 Å². The number of nitrogens with zero attached hydrogens (tertiary/aromatic N) is 2. The maximum Gasteiger partial charge on any atom is 0.232 e. The molecule has 0 radical (unpaired) electrons. The Labute approximate surface area is 190 Å². The lowest BCUT2D eigenvalue weighted by Gasteiger charge is -2.22. The maximum absolute atomic E-state index is 13.8. The standard InChI is InChI=1S/C21H24Cl2FN5O2/c22-15-1-2-18(26-8-12-3-5-31-6-4-12)28-20(15)13-7-19(27-10-16(13)23)29-21(30)14-9-25-11-17(14)24/h1-2,7,10,12,14,17,25H,3-6,8-9,11H2,(H,26,28)(H,27,29,30)/t14-,17+/m0/s1. The van der Waals surface area contributed by atoms with Crippen molar-refractivity contribution >= 4 is 40.7 Å². The first-order valence-corrected chi connectivity index (χ1v) is 11.1. The van der Waals surface area contributed by atoms with Gasteiger partial charge in [-0.2, -0.15) is 0 Å². The molecule has 1 amide bonds. The predicted octanol–water partition coefficient (Wildman–Crippen LogP) is 3.78. The summed E-state index contributed by atoms with van der Waals surface area (Å²) in [5.74, 6) is 0.304. The van der Waals surface area contributed by atoms with Crippen LogP contribution in [0.3, 0.4) is 0 Å². The van der Waals surface area contributed by atoms with E-state index in [0.29, 0.717) is 39.6 Å². The molecule has 4 heterocycles. The maximum atomic E-state index is 13.8. The van der Waals surface area contributed by atoms with E-state index in [1.165, 1.54) is 6.20 Å². The number of alkyl halides is 1. The molecule has 4 rings (SSSR count). The first-order valence-electron chi connectivity index (χ1n) is 10.3. The second-order valence-electron chi connectivity index (χ2n) is 7.78. The molecular formula is C21H24Cl2FN5O2. The minimum Gasteiger partial charge on any atom is -0.381 e.